The molecular weight excluding hydrogens is 342 g/mol. The van der Waals surface area contributed by atoms with E-state index in [2.05, 4.69) is 6.07 Å². The van der Waals surface area contributed by atoms with Gasteiger partial charge in [-0.15, -0.1) is 0 Å². The molecule has 1 aliphatic heterocycles. The number of rotatable bonds is 4. The average molecular weight is 369 g/mol. The van der Waals surface area contributed by atoms with Crippen molar-refractivity contribution >= 4 is 6.09 Å². The molecule has 0 aliphatic carbocycles. The molecule has 1 amide bonds. The van der Waals surface area contributed by atoms with Gasteiger partial charge in [-0.3, -0.25) is 0 Å². The second-order valence-electron chi connectivity index (χ2n) is 7.08. The molecule has 0 aromatic heterocycles. The zero-order valence-corrected chi connectivity index (χ0v) is 16.2. The molecule has 1 heterocycles. The van der Waals surface area contributed by atoms with Crippen molar-refractivity contribution in [2.75, 3.05) is 19.7 Å². The number of amides is 1. The summed E-state index contributed by atoms with van der Waals surface area (Å²) in [6, 6.07) is 13.6. The fraction of sp³-hybridized carbons (Fsp3) is 0.409. The first kappa shape index (κ1) is 19.2. The third-order valence-electron chi connectivity index (χ3n) is 5.06. The third-order valence-corrected chi connectivity index (χ3v) is 5.06. The average Bonchev–Trinajstić information content (AvgIpc) is 2.65. The van der Waals surface area contributed by atoms with E-state index in [1.807, 2.05) is 50.2 Å². The van der Waals surface area contributed by atoms with Crippen LogP contribution in [0, 0.1) is 13.8 Å². The molecule has 1 saturated heterocycles. The van der Waals surface area contributed by atoms with E-state index < -0.39 is 5.60 Å². The normalized spacial score (nSPS) is 16.1. The van der Waals surface area contributed by atoms with Crippen molar-refractivity contribution in [2.24, 2.45) is 0 Å². The fourth-order valence-corrected chi connectivity index (χ4v) is 3.52. The summed E-state index contributed by atoms with van der Waals surface area (Å²) in [6.45, 7) is 7.10. The Kier molecular flexibility index (Phi) is 5.71. The largest absolute Gasteiger partial charge is 0.457 e. The Morgan fingerprint density at radius 2 is 1.81 bits per heavy atom. The van der Waals surface area contributed by atoms with Gasteiger partial charge in [0, 0.05) is 18.7 Å². The van der Waals surface area contributed by atoms with Crippen LogP contribution in [-0.4, -0.2) is 35.8 Å². The van der Waals surface area contributed by atoms with Crippen LogP contribution in [0.5, 0.6) is 11.5 Å². The minimum atomic E-state index is -1.03. The maximum atomic E-state index is 11.9. The molecule has 0 saturated carbocycles. The van der Waals surface area contributed by atoms with Gasteiger partial charge < -0.3 is 19.5 Å². The highest BCUT2D eigenvalue weighted by molar-refractivity contribution is 5.67. The van der Waals surface area contributed by atoms with E-state index in [1.165, 1.54) is 5.56 Å². The molecule has 5 heteroatoms. The van der Waals surface area contributed by atoms with Crippen LogP contribution >= 0.6 is 0 Å². The summed E-state index contributed by atoms with van der Waals surface area (Å²) >= 11 is 0. The fourth-order valence-electron chi connectivity index (χ4n) is 3.52. The molecule has 1 aliphatic rings. The molecule has 0 bridgehead atoms. The summed E-state index contributed by atoms with van der Waals surface area (Å²) in [4.78, 5) is 13.6. The summed E-state index contributed by atoms with van der Waals surface area (Å²) in [5, 5.41) is 11.3. The highest BCUT2D eigenvalue weighted by Gasteiger charge is 2.38. The number of aliphatic hydroxyl groups is 1. The van der Waals surface area contributed by atoms with Gasteiger partial charge in [0.05, 0.1) is 12.2 Å². The monoisotopic (exact) mass is 369 g/mol. The van der Waals surface area contributed by atoms with Crippen LogP contribution in [0.3, 0.4) is 0 Å². The number of hydrogen-bond acceptors (Lipinski definition) is 4. The smallest absolute Gasteiger partial charge is 0.409 e. The second-order valence-corrected chi connectivity index (χ2v) is 7.08. The predicted molar refractivity (Wildman–Crippen MR) is 104 cm³/mol. The maximum Gasteiger partial charge on any atom is 0.409 e. The molecule has 0 atom stereocenters. The summed E-state index contributed by atoms with van der Waals surface area (Å²) in [7, 11) is 0. The molecule has 0 radical (unpaired) electrons. The molecule has 3 rings (SSSR count). The lowest BCUT2D eigenvalue weighted by Crippen LogP contribution is -2.45. The topological polar surface area (TPSA) is 59.0 Å². The highest BCUT2D eigenvalue weighted by atomic mass is 16.6. The van der Waals surface area contributed by atoms with E-state index in [0.717, 1.165) is 16.9 Å². The summed E-state index contributed by atoms with van der Waals surface area (Å²) in [5.74, 6) is 1.43. The molecule has 0 spiro atoms. The number of aryl methyl sites for hydroxylation is 2. The number of benzene rings is 2. The number of hydrogen-bond donors (Lipinski definition) is 1. The lowest BCUT2D eigenvalue weighted by atomic mass is 9.84. The Balaban J connectivity index is 1.80. The van der Waals surface area contributed by atoms with Gasteiger partial charge in [-0.25, -0.2) is 4.79 Å². The zero-order chi connectivity index (χ0) is 19.4. The van der Waals surface area contributed by atoms with Gasteiger partial charge in [-0.05, 0) is 51.3 Å². The van der Waals surface area contributed by atoms with Crippen molar-refractivity contribution < 1.29 is 19.4 Å². The minimum absolute atomic E-state index is 0.320. The number of carbonyl (C=O) groups is 1. The van der Waals surface area contributed by atoms with Gasteiger partial charge in [-0.2, -0.15) is 0 Å². The van der Waals surface area contributed by atoms with Crippen molar-refractivity contribution in [3.05, 3.63) is 59.2 Å². The van der Waals surface area contributed by atoms with E-state index >= 15 is 0 Å². The Labute approximate surface area is 160 Å². The van der Waals surface area contributed by atoms with Crippen LogP contribution in [0.15, 0.2) is 42.5 Å². The van der Waals surface area contributed by atoms with Crippen molar-refractivity contribution in [1.82, 2.24) is 4.90 Å². The maximum absolute atomic E-state index is 11.9. The Morgan fingerprint density at radius 1 is 1.11 bits per heavy atom. The highest BCUT2D eigenvalue weighted by Crippen LogP contribution is 2.40. The zero-order valence-electron chi connectivity index (χ0n) is 16.2. The molecule has 27 heavy (non-hydrogen) atoms. The molecule has 5 nitrogen and oxygen atoms in total. The first-order valence-electron chi connectivity index (χ1n) is 9.41. The van der Waals surface area contributed by atoms with Gasteiger partial charge in [0.25, 0.3) is 0 Å². The molecule has 1 N–H and O–H groups in total. The number of piperidine rings is 1. The second kappa shape index (κ2) is 8.01. The van der Waals surface area contributed by atoms with Crippen LogP contribution in [0.4, 0.5) is 4.79 Å². The number of likely N-dealkylation sites (tertiary alicyclic amines) is 1. The van der Waals surface area contributed by atoms with E-state index in [1.54, 1.807) is 11.8 Å². The van der Waals surface area contributed by atoms with E-state index in [0.29, 0.717) is 38.3 Å². The van der Waals surface area contributed by atoms with Crippen molar-refractivity contribution in [2.45, 2.75) is 39.2 Å². The van der Waals surface area contributed by atoms with Gasteiger partial charge in [-0.1, -0.05) is 35.9 Å². The molecule has 0 unspecified atom stereocenters. The van der Waals surface area contributed by atoms with Crippen molar-refractivity contribution in [3.8, 4) is 11.5 Å². The molecule has 144 valence electrons. The molecular formula is C22H27NO4. The standard InChI is InChI=1S/C22H27NO4/c1-4-26-21(24)23-13-11-22(25,12-14-23)18-7-5-6-8-20(18)27-19-10-9-16(2)15-17(19)3/h5-10,15,25H,4,11-14H2,1-3H3. The predicted octanol–water partition coefficient (Wildman–Crippen LogP) is 4.54. The SMILES string of the molecule is CCOC(=O)N1CCC(O)(c2ccccc2Oc2ccc(C)cc2C)CC1. The summed E-state index contributed by atoms with van der Waals surface area (Å²) < 4.78 is 11.2. The molecule has 2 aromatic carbocycles. The summed E-state index contributed by atoms with van der Waals surface area (Å²) in [6.07, 6.45) is 0.567. The van der Waals surface area contributed by atoms with Crippen molar-refractivity contribution in [3.63, 3.8) is 0 Å². The lowest BCUT2D eigenvalue weighted by molar-refractivity contribution is -0.0256. The Bertz CT molecular complexity index is 810. The van der Waals surface area contributed by atoms with Crippen LogP contribution < -0.4 is 4.74 Å². The summed E-state index contributed by atoms with van der Waals surface area (Å²) in [5.41, 5.74) is 1.96. The first-order chi connectivity index (χ1) is 12.9. The molecule has 1 fully saturated rings. The van der Waals surface area contributed by atoms with E-state index in [9.17, 15) is 9.90 Å². The number of para-hydroxylation sites is 1. The minimum Gasteiger partial charge on any atom is -0.457 e. The van der Waals surface area contributed by atoms with Gasteiger partial charge in [0.15, 0.2) is 0 Å². The third kappa shape index (κ3) is 4.25. The quantitative estimate of drug-likeness (QED) is 0.860. The number of carbonyl (C=O) groups excluding carboxylic acids is 1. The van der Waals surface area contributed by atoms with E-state index in [-0.39, 0.29) is 6.09 Å². The Hall–Kier alpha value is -2.53. The van der Waals surface area contributed by atoms with E-state index in [4.69, 9.17) is 9.47 Å². The Morgan fingerprint density at radius 3 is 2.48 bits per heavy atom. The molecule has 2 aromatic rings. The van der Waals surface area contributed by atoms with Crippen molar-refractivity contribution in [1.29, 1.82) is 0 Å². The van der Waals surface area contributed by atoms with Crippen LogP contribution in [0.1, 0.15) is 36.5 Å². The van der Waals surface area contributed by atoms with Gasteiger partial charge in [0.2, 0.25) is 0 Å². The lowest BCUT2D eigenvalue weighted by Gasteiger charge is -2.38. The number of ether oxygens (including phenoxy) is 2. The van der Waals surface area contributed by atoms with Crippen LogP contribution in [0.2, 0.25) is 0 Å². The van der Waals surface area contributed by atoms with Gasteiger partial charge in [0.1, 0.15) is 11.5 Å². The number of nitrogens with zero attached hydrogens (tertiary/aromatic N) is 1. The van der Waals surface area contributed by atoms with Crippen LogP contribution in [0.25, 0.3) is 0 Å². The van der Waals surface area contributed by atoms with Gasteiger partial charge >= 0.3 is 6.09 Å². The first-order valence-corrected chi connectivity index (χ1v) is 9.41. The van der Waals surface area contributed by atoms with Crippen LogP contribution in [-0.2, 0) is 10.3 Å².